The fourth-order valence-corrected chi connectivity index (χ4v) is 3.63. The summed E-state index contributed by atoms with van der Waals surface area (Å²) in [6.07, 6.45) is 2.01. The smallest absolute Gasteiger partial charge is 0.307 e. The molecule has 2 aromatic heterocycles. The maximum Gasteiger partial charge on any atom is 0.307 e. The summed E-state index contributed by atoms with van der Waals surface area (Å²) in [4.78, 5) is 11.1. The molecular weight excluding hydrogens is 368 g/mol. The first-order valence-electron chi connectivity index (χ1n) is 9.81. The number of aryl methyl sites for hydroxylation is 2. The van der Waals surface area contributed by atoms with E-state index in [2.05, 4.69) is 63.0 Å². The van der Waals surface area contributed by atoms with Gasteiger partial charge in [-0.1, -0.05) is 41.6 Å². The molecule has 0 saturated carbocycles. The molecule has 0 unspecified atom stereocenters. The molecule has 4 rings (SSSR count). The monoisotopic (exact) mass is 392 g/mol. The molecule has 0 saturated heterocycles. The van der Waals surface area contributed by atoms with Gasteiger partial charge in [0.2, 0.25) is 0 Å². The molecule has 2 aromatic carbocycles. The Bertz CT molecular complexity index is 1060. The maximum absolute atomic E-state index is 11.1. The molecule has 0 spiro atoms. The fraction of sp³-hybridized carbons (Fsp3) is 0.304. The second-order valence-electron chi connectivity index (χ2n) is 6.95. The predicted molar refractivity (Wildman–Crippen MR) is 111 cm³/mol. The standard InChI is InChI=1S/C23H24N2O4/c1-27-23(26)12-14-28-16-18-15-17(24-29-18)7-6-13-25-21-10-4-2-8-19(21)20-9-3-5-11-22(20)25/h2-5,8-11,15H,6-7,12-14,16H2,1H3. The molecular formula is C23H24N2O4. The van der Waals surface area contributed by atoms with Crippen LogP contribution in [0.25, 0.3) is 21.8 Å². The van der Waals surface area contributed by atoms with Crippen molar-refractivity contribution in [3.05, 3.63) is 66.1 Å². The number of fused-ring (bicyclic) bond motifs is 3. The van der Waals surface area contributed by atoms with Crippen LogP contribution in [0.2, 0.25) is 0 Å². The molecule has 0 amide bonds. The number of carbonyl (C=O) groups excluding carboxylic acids is 1. The van der Waals surface area contributed by atoms with E-state index in [9.17, 15) is 4.79 Å². The minimum absolute atomic E-state index is 0.232. The van der Waals surface area contributed by atoms with Crippen LogP contribution in [-0.2, 0) is 33.8 Å². The summed E-state index contributed by atoms with van der Waals surface area (Å²) in [6, 6.07) is 19.0. The van der Waals surface area contributed by atoms with Crippen LogP contribution < -0.4 is 0 Å². The largest absolute Gasteiger partial charge is 0.469 e. The van der Waals surface area contributed by atoms with Gasteiger partial charge >= 0.3 is 5.97 Å². The van der Waals surface area contributed by atoms with Crippen molar-refractivity contribution in [3.8, 4) is 0 Å². The molecule has 29 heavy (non-hydrogen) atoms. The zero-order chi connectivity index (χ0) is 20.1. The minimum atomic E-state index is -0.284. The van der Waals surface area contributed by atoms with Gasteiger partial charge in [0.25, 0.3) is 0 Å². The molecule has 0 bridgehead atoms. The lowest BCUT2D eigenvalue weighted by atomic mass is 10.2. The Morgan fingerprint density at radius 1 is 1.07 bits per heavy atom. The number of benzene rings is 2. The van der Waals surface area contributed by atoms with E-state index in [1.807, 2.05) is 6.07 Å². The molecule has 2 heterocycles. The highest BCUT2D eigenvalue weighted by atomic mass is 16.5. The number of carbonyl (C=O) groups is 1. The van der Waals surface area contributed by atoms with Gasteiger partial charge in [-0.2, -0.15) is 0 Å². The molecule has 4 aromatic rings. The first-order valence-corrected chi connectivity index (χ1v) is 9.81. The molecule has 0 aliphatic heterocycles. The van der Waals surface area contributed by atoms with Gasteiger partial charge in [0.05, 0.1) is 25.8 Å². The Morgan fingerprint density at radius 3 is 2.45 bits per heavy atom. The van der Waals surface area contributed by atoms with Crippen LogP contribution in [0, 0.1) is 0 Å². The Balaban J connectivity index is 1.35. The Labute approximate surface area is 169 Å². The molecule has 0 N–H and O–H groups in total. The van der Waals surface area contributed by atoms with Gasteiger partial charge in [0, 0.05) is 34.4 Å². The van der Waals surface area contributed by atoms with Crippen molar-refractivity contribution >= 4 is 27.8 Å². The van der Waals surface area contributed by atoms with Crippen molar-refractivity contribution in [2.45, 2.75) is 32.4 Å². The zero-order valence-electron chi connectivity index (χ0n) is 16.5. The van der Waals surface area contributed by atoms with Gasteiger partial charge < -0.3 is 18.6 Å². The number of rotatable bonds is 9. The van der Waals surface area contributed by atoms with E-state index in [4.69, 9.17) is 9.26 Å². The van der Waals surface area contributed by atoms with E-state index in [0.717, 1.165) is 25.1 Å². The second kappa shape index (κ2) is 8.92. The van der Waals surface area contributed by atoms with Crippen molar-refractivity contribution < 1.29 is 18.8 Å². The summed E-state index contributed by atoms with van der Waals surface area (Å²) in [7, 11) is 1.37. The topological polar surface area (TPSA) is 66.5 Å². The normalized spacial score (nSPS) is 11.3. The summed E-state index contributed by atoms with van der Waals surface area (Å²) in [5.74, 6) is 0.384. The number of aromatic nitrogens is 2. The third-order valence-electron chi connectivity index (χ3n) is 5.02. The lowest BCUT2D eigenvalue weighted by Crippen LogP contribution is -2.05. The van der Waals surface area contributed by atoms with Crippen LogP contribution >= 0.6 is 0 Å². The molecule has 0 aliphatic rings. The van der Waals surface area contributed by atoms with Crippen molar-refractivity contribution in [3.63, 3.8) is 0 Å². The van der Waals surface area contributed by atoms with Gasteiger partial charge in [-0.15, -0.1) is 0 Å². The molecule has 0 atom stereocenters. The van der Waals surface area contributed by atoms with E-state index in [1.54, 1.807) is 0 Å². The number of esters is 1. The van der Waals surface area contributed by atoms with Crippen LogP contribution in [0.5, 0.6) is 0 Å². The summed E-state index contributed by atoms with van der Waals surface area (Å²) >= 11 is 0. The van der Waals surface area contributed by atoms with Gasteiger partial charge in [-0.25, -0.2) is 0 Å². The van der Waals surface area contributed by atoms with Gasteiger partial charge in [0.1, 0.15) is 6.61 Å². The van der Waals surface area contributed by atoms with E-state index >= 15 is 0 Å². The van der Waals surface area contributed by atoms with Crippen LogP contribution in [-0.4, -0.2) is 29.4 Å². The summed E-state index contributed by atoms with van der Waals surface area (Å²) < 4.78 is 17.7. The summed E-state index contributed by atoms with van der Waals surface area (Å²) in [6.45, 7) is 1.51. The van der Waals surface area contributed by atoms with E-state index in [1.165, 1.54) is 28.9 Å². The third kappa shape index (κ3) is 4.32. The molecule has 0 aliphatic carbocycles. The first kappa shape index (κ1) is 19.2. The van der Waals surface area contributed by atoms with Crippen LogP contribution in [0.3, 0.4) is 0 Å². The lowest BCUT2D eigenvalue weighted by Gasteiger charge is -2.06. The number of ether oxygens (including phenoxy) is 2. The van der Waals surface area contributed by atoms with Gasteiger partial charge in [-0.05, 0) is 25.0 Å². The highest BCUT2D eigenvalue weighted by Crippen LogP contribution is 2.29. The van der Waals surface area contributed by atoms with Crippen molar-refractivity contribution in [2.75, 3.05) is 13.7 Å². The zero-order valence-corrected chi connectivity index (χ0v) is 16.5. The quantitative estimate of drug-likeness (QED) is 0.310. The third-order valence-corrected chi connectivity index (χ3v) is 5.02. The van der Waals surface area contributed by atoms with Crippen molar-refractivity contribution in [1.29, 1.82) is 0 Å². The number of hydrogen-bond donors (Lipinski definition) is 0. The van der Waals surface area contributed by atoms with Gasteiger partial charge in [0.15, 0.2) is 5.76 Å². The van der Waals surface area contributed by atoms with E-state index < -0.39 is 0 Å². The molecule has 0 fully saturated rings. The molecule has 0 radical (unpaired) electrons. The number of methoxy groups -OCH3 is 1. The van der Waals surface area contributed by atoms with Gasteiger partial charge in [-0.3, -0.25) is 4.79 Å². The fourth-order valence-electron chi connectivity index (χ4n) is 3.63. The Hall–Kier alpha value is -3.12. The lowest BCUT2D eigenvalue weighted by molar-refractivity contribution is -0.142. The van der Waals surface area contributed by atoms with Crippen LogP contribution in [0.4, 0.5) is 0 Å². The minimum Gasteiger partial charge on any atom is -0.469 e. The average Bonchev–Trinajstić information content (AvgIpc) is 3.34. The highest BCUT2D eigenvalue weighted by molar-refractivity contribution is 6.07. The summed E-state index contributed by atoms with van der Waals surface area (Å²) in [5.41, 5.74) is 3.43. The second-order valence-corrected chi connectivity index (χ2v) is 6.95. The average molecular weight is 392 g/mol. The van der Waals surface area contributed by atoms with Crippen molar-refractivity contribution in [1.82, 2.24) is 9.72 Å². The maximum atomic E-state index is 11.1. The SMILES string of the molecule is COC(=O)CCOCc1cc(CCCn2c3ccccc3c3ccccc32)no1. The molecule has 6 heteroatoms. The highest BCUT2D eigenvalue weighted by Gasteiger charge is 2.10. The van der Waals surface area contributed by atoms with Crippen molar-refractivity contribution in [2.24, 2.45) is 0 Å². The summed E-state index contributed by atoms with van der Waals surface area (Å²) in [5, 5.41) is 6.71. The number of hydrogen-bond acceptors (Lipinski definition) is 5. The van der Waals surface area contributed by atoms with E-state index in [0.29, 0.717) is 19.0 Å². The van der Waals surface area contributed by atoms with E-state index in [-0.39, 0.29) is 12.4 Å². The Kier molecular flexibility index (Phi) is 5.91. The molecule has 6 nitrogen and oxygen atoms in total. The predicted octanol–water partition coefficient (Wildman–Crippen LogP) is 4.50. The Morgan fingerprint density at radius 2 is 1.76 bits per heavy atom. The molecule has 150 valence electrons. The first-order chi connectivity index (χ1) is 14.3. The van der Waals surface area contributed by atoms with Crippen LogP contribution in [0.1, 0.15) is 24.3 Å². The number of para-hydroxylation sites is 2. The number of nitrogens with zero attached hydrogens (tertiary/aromatic N) is 2. The van der Waals surface area contributed by atoms with Crippen LogP contribution in [0.15, 0.2) is 59.1 Å².